The van der Waals surface area contributed by atoms with Crippen LogP contribution in [0.15, 0.2) is 48.5 Å². The molecular formula is C58H91N6O16P. The Morgan fingerprint density at radius 2 is 1.22 bits per heavy atom. The summed E-state index contributed by atoms with van der Waals surface area (Å²) in [6.45, 7) is 14.5. The van der Waals surface area contributed by atoms with E-state index in [2.05, 4.69) is 15.6 Å². The summed E-state index contributed by atoms with van der Waals surface area (Å²) in [5.41, 5.74) is 4.53. The summed E-state index contributed by atoms with van der Waals surface area (Å²) in [6, 6.07) is 15.7. The number of aliphatic hydroxyl groups is 1. The van der Waals surface area contributed by atoms with Gasteiger partial charge in [0, 0.05) is 62.9 Å². The number of β-amino-alcohol motifs (C(OH)–C–C–N with tert-alkyl or cyclic N) is 1. The molecule has 3 heterocycles. The molecule has 454 valence electrons. The van der Waals surface area contributed by atoms with Gasteiger partial charge in [-0.05, 0) is 64.0 Å². The zero-order chi connectivity index (χ0) is 58.1. The average molecular weight is 1160 g/mol. The van der Waals surface area contributed by atoms with E-state index in [0.29, 0.717) is 176 Å². The van der Waals surface area contributed by atoms with Crippen molar-refractivity contribution >= 4 is 36.8 Å². The van der Waals surface area contributed by atoms with Crippen molar-refractivity contribution in [3.8, 4) is 22.5 Å². The number of anilines is 1. The van der Waals surface area contributed by atoms with Gasteiger partial charge in [-0.15, -0.1) is 5.10 Å². The summed E-state index contributed by atoms with van der Waals surface area (Å²) in [5, 5.41) is 22.2. The van der Waals surface area contributed by atoms with Crippen LogP contribution in [0.5, 0.6) is 0 Å². The molecule has 5 rings (SSSR count). The van der Waals surface area contributed by atoms with Crippen molar-refractivity contribution in [1.29, 1.82) is 0 Å². The lowest BCUT2D eigenvalue weighted by Crippen LogP contribution is -2.39. The van der Waals surface area contributed by atoms with E-state index in [1.807, 2.05) is 72.0 Å². The Kier molecular flexibility index (Phi) is 31.8. The molecule has 3 amide bonds. The number of carbonyl (C=O) groups is 4. The predicted octanol–water partition coefficient (Wildman–Crippen LogP) is 6.55. The molecule has 23 heteroatoms. The van der Waals surface area contributed by atoms with Crippen LogP contribution < -0.4 is 10.2 Å². The molecule has 0 spiro atoms. The summed E-state index contributed by atoms with van der Waals surface area (Å²) in [4.78, 5) is 64.9. The number of aromatic nitrogens is 3. The minimum Gasteiger partial charge on any atom is -0.391 e. The third kappa shape index (κ3) is 25.1. The minimum absolute atomic E-state index is 0.0303. The number of hydrogen-bond donors (Lipinski definition) is 3. The normalized spacial score (nSPS) is 15.8. The average Bonchev–Trinajstić information content (AvgIpc) is 4.16. The number of aliphatic hydroxyl groups excluding tert-OH is 1. The van der Waals surface area contributed by atoms with Gasteiger partial charge >= 0.3 is 7.60 Å². The molecule has 0 aliphatic carbocycles. The number of likely N-dealkylation sites (tertiary alicyclic amines) is 1. The number of nitrogens with one attached hydrogen (secondary N) is 1. The highest BCUT2D eigenvalue weighted by Crippen LogP contribution is 2.46. The van der Waals surface area contributed by atoms with Gasteiger partial charge in [0.1, 0.15) is 11.5 Å². The second-order valence-electron chi connectivity index (χ2n) is 20.7. The first-order valence-electron chi connectivity index (χ1n) is 29.0. The zero-order valence-electron chi connectivity index (χ0n) is 48.3. The molecule has 2 aliphatic rings. The number of benzene rings is 2. The van der Waals surface area contributed by atoms with Crippen molar-refractivity contribution in [2.24, 2.45) is 0 Å². The highest BCUT2D eigenvalue weighted by atomic mass is 31.2. The quantitative estimate of drug-likeness (QED) is 0.0401. The lowest BCUT2D eigenvalue weighted by atomic mass is 9.95. The van der Waals surface area contributed by atoms with Crippen LogP contribution in [0.4, 0.5) is 5.69 Å². The fraction of sp³-hybridized carbons (Fsp3) is 0.690. The summed E-state index contributed by atoms with van der Waals surface area (Å²) in [6.07, 6.45) is 6.02. The van der Waals surface area contributed by atoms with E-state index < -0.39 is 19.4 Å². The Labute approximate surface area is 478 Å². The number of ether oxygens (including phenoxy) is 8. The maximum absolute atomic E-state index is 14.0. The molecule has 3 atom stereocenters. The van der Waals surface area contributed by atoms with Crippen LogP contribution in [0.25, 0.3) is 22.5 Å². The third-order valence-corrected chi connectivity index (χ3v) is 15.4. The Bertz CT molecular complexity index is 2360. The first kappa shape index (κ1) is 67.2. The summed E-state index contributed by atoms with van der Waals surface area (Å²) in [5.74, 6) is 0.0770. The van der Waals surface area contributed by atoms with Crippen LogP contribution in [0, 0.1) is 0 Å². The molecule has 2 aromatic carbocycles. The number of nitrogens with zero attached hydrogens (tertiary/aromatic N) is 5. The first-order chi connectivity index (χ1) is 39.2. The van der Waals surface area contributed by atoms with Gasteiger partial charge in [0.05, 0.1) is 147 Å². The molecule has 0 bridgehead atoms. The van der Waals surface area contributed by atoms with Gasteiger partial charge in [-0.3, -0.25) is 23.7 Å². The van der Waals surface area contributed by atoms with E-state index in [1.54, 1.807) is 18.7 Å². The minimum atomic E-state index is -3.59. The molecule has 0 radical (unpaired) electrons. The fourth-order valence-corrected chi connectivity index (χ4v) is 9.75. The van der Waals surface area contributed by atoms with Gasteiger partial charge in [0.15, 0.2) is 0 Å². The smallest absolute Gasteiger partial charge is 0.330 e. The SMILES string of the molecule is CC(C)OC[C@@H]1C[C@@H](O)CN1C(=O)CCCCCNC(=O)CCOCCOCCOCCOCCn1nnc2c1-c1ccccc1CN(C(=O)CCCCC(=O)CCCOCCOCCOCCOP(=O)(O)C(C)C)c1ccccc1-2. The van der Waals surface area contributed by atoms with Gasteiger partial charge in [-0.25, -0.2) is 4.68 Å². The van der Waals surface area contributed by atoms with Gasteiger partial charge in [0.25, 0.3) is 0 Å². The number of carbonyl (C=O) groups excluding carboxylic acids is 4. The highest BCUT2D eigenvalue weighted by Gasteiger charge is 2.34. The zero-order valence-corrected chi connectivity index (χ0v) is 49.2. The van der Waals surface area contributed by atoms with E-state index >= 15 is 0 Å². The molecule has 0 saturated carbocycles. The largest absolute Gasteiger partial charge is 0.391 e. The monoisotopic (exact) mass is 1160 g/mol. The Balaban J connectivity index is 0.881. The number of fused-ring (bicyclic) bond motifs is 5. The summed E-state index contributed by atoms with van der Waals surface area (Å²) < 4.78 is 63.6. The van der Waals surface area contributed by atoms with Crippen molar-refractivity contribution in [2.45, 2.75) is 142 Å². The maximum atomic E-state index is 14.0. The first-order valence-corrected chi connectivity index (χ1v) is 30.7. The fourth-order valence-electron chi connectivity index (χ4n) is 9.12. The number of ketones is 1. The number of Topliss-reactive ketones (excluding diaryl/α,β-unsaturated/α-hetero) is 1. The number of amides is 3. The standard InChI is InChI=1S/C58H91N6O16P/c1-45(2)79-44-48-41-50(66)43-62(48)55(68)21-6-5-13-24-59-54(67)23-27-73-30-33-76-35-36-77-34-31-74-28-25-64-58-51-18-9-7-15-47(51)42-63(53-20-11-10-19-52(53)57(58)60-61-64)56(69)22-12-8-16-49(65)17-14-26-72-29-32-75-37-38-78-39-40-80-81(70,71)46(3)4/h7,9-11,15,18-20,45-46,48,50,66H,5-6,8,12-14,16-17,21-44H2,1-4H3,(H,59,67)(H,70,71)/t48-,50+/m0/s1. The van der Waals surface area contributed by atoms with E-state index in [0.717, 1.165) is 47.3 Å². The van der Waals surface area contributed by atoms with Crippen LogP contribution in [-0.4, -0.2) is 196 Å². The highest BCUT2D eigenvalue weighted by molar-refractivity contribution is 7.53. The summed E-state index contributed by atoms with van der Waals surface area (Å²) >= 11 is 0. The topological polar surface area (TPSA) is 258 Å². The number of rotatable bonds is 44. The van der Waals surface area contributed by atoms with E-state index in [9.17, 15) is 33.7 Å². The Morgan fingerprint density at radius 1 is 0.654 bits per heavy atom. The van der Waals surface area contributed by atoms with Gasteiger partial charge in [-0.1, -0.05) is 67.9 Å². The van der Waals surface area contributed by atoms with Gasteiger partial charge in [-0.2, -0.15) is 0 Å². The molecule has 2 aliphatic heterocycles. The van der Waals surface area contributed by atoms with Crippen LogP contribution in [0.1, 0.15) is 110 Å². The van der Waals surface area contributed by atoms with Crippen molar-refractivity contribution in [3.63, 3.8) is 0 Å². The molecular weight excluding hydrogens is 1070 g/mol. The predicted molar refractivity (Wildman–Crippen MR) is 305 cm³/mol. The van der Waals surface area contributed by atoms with Crippen molar-refractivity contribution < 1.29 is 76.2 Å². The van der Waals surface area contributed by atoms with Crippen LogP contribution in [0.2, 0.25) is 0 Å². The third-order valence-electron chi connectivity index (χ3n) is 13.6. The Morgan fingerprint density at radius 3 is 1.90 bits per heavy atom. The molecule has 1 unspecified atom stereocenters. The number of hydrogen-bond acceptors (Lipinski definition) is 17. The lowest BCUT2D eigenvalue weighted by molar-refractivity contribution is -0.134. The van der Waals surface area contributed by atoms with Gasteiger partial charge in [0.2, 0.25) is 17.7 Å². The maximum Gasteiger partial charge on any atom is 0.330 e. The molecule has 1 saturated heterocycles. The lowest BCUT2D eigenvalue weighted by Gasteiger charge is -2.28. The van der Waals surface area contributed by atoms with Crippen LogP contribution in [0.3, 0.4) is 0 Å². The van der Waals surface area contributed by atoms with Crippen molar-refractivity contribution in [1.82, 2.24) is 25.2 Å². The van der Waals surface area contributed by atoms with E-state index in [-0.39, 0.29) is 55.3 Å². The second kappa shape index (κ2) is 38.3. The van der Waals surface area contributed by atoms with Crippen LogP contribution in [-0.2, 0) is 79.3 Å². The molecule has 3 N–H and O–H groups in total. The second-order valence-corrected chi connectivity index (χ2v) is 23.1. The van der Waals surface area contributed by atoms with E-state index in [4.69, 9.17) is 42.4 Å². The molecule has 3 aromatic rings. The van der Waals surface area contributed by atoms with Crippen molar-refractivity contribution in [3.05, 3.63) is 54.1 Å². The number of para-hydroxylation sites is 1. The number of unbranched alkanes of at least 4 members (excludes halogenated alkanes) is 3. The van der Waals surface area contributed by atoms with Gasteiger partial charge < -0.3 is 67.5 Å². The van der Waals surface area contributed by atoms with E-state index in [1.165, 1.54) is 0 Å². The van der Waals surface area contributed by atoms with Crippen LogP contribution >= 0.6 is 7.60 Å². The summed E-state index contributed by atoms with van der Waals surface area (Å²) in [7, 11) is -3.59. The molecule has 22 nitrogen and oxygen atoms in total. The molecule has 81 heavy (non-hydrogen) atoms. The molecule has 1 fully saturated rings. The van der Waals surface area contributed by atoms with Crippen molar-refractivity contribution in [2.75, 3.05) is 124 Å². The Hall–Kier alpha value is -4.55. The molecule has 1 aromatic heterocycles.